The number of ether oxygens (including phenoxy) is 2. The van der Waals surface area contributed by atoms with E-state index in [9.17, 15) is 4.79 Å². The van der Waals surface area contributed by atoms with Crippen molar-refractivity contribution in [3.63, 3.8) is 0 Å². The molecule has 37 heavy (non-hydrogen) atoms. The Morgan fingerprint density at radius 2 is 1.62 bits per heavy atom. The molecule has 1 atom stereocenters. The van der Waals surface area contributed by atoms with Crippen molar-refractivity contribution in [3.8, 4) is 11.5 Å². The molecule has 0 saturated heterocycles. The minimum atomic E-state index is -1.10. The van der Waals surface area contributed by atoms with Crippen molar-refractivity contribution in [2.24, 2.45) is 0 Å². The predicted molar refractivity (Wildman–Crippen MR) is 147 cm³/mol. The molecule has 0 aromatic heterocycles. The number of carbonyl (C=O) groups excluding carboxylic acids is 1. The third-order valence-electron chi connectivity index (χ3n) is 7.33. The largest absolute Gasteiger partial charge is 0.454 e. The summed E-state index contributed by atoms with van der Waals surface area (Å²) in [5.74, 6) is 1.13. The Morgan fingerprint density at radius 1 is 0.865 bits per heavy atom. The van der Waals surface area contributed by atoms with E-state index in [1.165, 1.54) is 0 Å². The molecule has 186 valence electrons. The number of nitrogens with one attached hydrogen (secondary N) is 1. The van der Waals surface area contributed by atoms with Gasteiger partial charge in [-0.05, 0) is 62.2 Å². The first-order valence-electron chi connectivity index (χ1n) is 12.9. The van der Waals surface area contributed by atoms with Gasteiger partial charge in [-0.3, -0.25) is 0 Å². The molecule has 1 N–H and O–H groups in total. The Hall–Kier alpha value is -4.25. The van der Waals surface area contributed by atoms with Crippen LogP contribution in [0.5, 0.6) is 11.5 Å². The van der Waals surface area contributed by atoms with Crippen molar-refractivity contribution < 1.29 is 14.3 Å². The summed E-state index contributed by atoms with van der Waals surface area (Å²) in [6.45, 7) is 8.15. The van der Waals surface area contributed by atoms with Gasteiger partial charge in [0.2, 0.25) is 0 Å². The van der Waals surface area contributed by atoms with Gasteiger partial charge in [-0.25, -0.2) is 4.79 Å². The summed E-state index contributed by atoms with van der Waals surface area (Å²) < 4.78 is 13.1. The molecule has 0 bridgehead atoms. The molecule has 0 fully saturated rings. The molecule has 0 aliphatic carbocycles. The first-order chi connectivity index (χ1) is 18.1. The molecule has 5 nitrogen and oxygen atoms in total. The molecule has 2 aliphatic rings. The highest BCUT2D eigenvalue weighted by molar-refractivity contribution is 5.97. The van der Waals surface area contributed by atoms with E-state index in [1.54, 1.807) is 0 Å². The highest BCUT2D eigenvalue weighted by atomic mass is 16.6. The third kappa shape index (κ3) is 3.57. The minimum Gasteiger partial charge on any atom is -0.454 e. The zero-order chi connectivity index (χ0) is 25.6. The number of para-hydroxylation sites is 2. The number of esters is 1. The number of hydrogen-bond donors (Lipinski definition) is 1. The van der Waals surface area contributed by atoms with Gasteiger partial charge in [0.1, 0.15) is 5.75 Å². The molecule has 6 rings (SSSR count). The van der Waals surface area contributed by atoms with Crippen LogP contribution in [0.3, 0.4) is 0 Å². The van der Waals surface area contributed by atoms with E-state index in [0.717, 1.165) is 64.6 Å². The third-order valence-corrected chi connectivity index (χ3v) is 7.33. The maximum absolute atomic E-state index is 13.3. The average Bonchev–Trinajstić information content (AvgIpc) is 3.22. The molecule has 5 heteroatoms. The zero-order valence-corrected chi connectivity index (χ0v) is 21.4. The second-order valence-corrected chi connectivity index (χ2v) is 9.61. The van der Waals surface area contributed by atoms with Crippen molar-refractivity contribution in [2.45, 2.75) is 32.8 Å². The van der Waals surface area contributed by atoms with E-state index in [-0.39, 0.29) is 5.97 Å². The van der Waals surface area contributed by atoms with Gasteiger partial charge in [0.15, 0.2) is 11.4 Å². The van der Waals surface area contributed by atoms with Crippen LogP contribution in [-0.4, -0.2) is 19.1 Å². The fraction of sp³-hybridized carbons (Fsp3) is 0.219. The highest BCUT2D eigenvalue weighted by Gasteiger charge is 2.54. The summed E-state index contributed by atoms with van der Waals surface area (Å²) in [5.41, 5.74) is 5.97. The van der Waals surface area contributed by atoms with Crippen molar-refractivity contribution in [2.75, 3.05) is 23.3 Å². The molecule has 1 spiro atoms. The maximum atomic E-state index is 13.3. The average molecular weight is 491 g/mol. The molecule has 0 saturated carbocycles. The van der Waals surface area contributed by atoms with Gasteiger partial charge in [0.25, 0.3) is 0 Å². The molecule has 4 aromatic carbocycles. The lowest BCUT2D eigenvalue weighted by Crippen LogP contribution is -2.34. The molecule has 0 radical (unpaired) electrons. The summed E-state index contributed by atoms with van der Waals surface area (Å²) >= 11 is 0. The number of rotatable bonds is 6. The number of fused-ring (bicyclic) bond motifs is 6. The Balaban J connectivity index is 1.61. The lowest BCUT2D eigenvalue weighted by atomic mass is 9.77. The van der Waals surface area contributed by atoms with Crippen LogP contribution in [0.4, 0.5) is 17.1 Å². The number of benzene rings is 4. The van der Waals surface area contributed by atoms with E-state index >= 15 is 0 Å². The fourth-order valence-corrected chi connectivity index (χ4v) is 5.60. The van der Waals surface area contributed by atoms with E-state index in [2.05, 4.69) is 43.1 Å². The Labute approximate surface area is 217 Å². The van der Waals surface area contributed by atoms with Crippen LogP contribution in [0, 0.1) is 6.92 Å². The predicted octanol–water partition coefficient (Wildman–Crippen LogP) is 7.54. The number of hydrogen-bond acceptors (Lipinski definition) is 5. The summed E-state index contributed by atoms with van der Waals surface area (Å²) in [6, 6.07) is 28.0. The minimum absolute atomic E-state index is 0.321. The van der Waals surface area contributed by atoms with Gasteiger partial charge >= 0.3 is 5.97 Å². The van der Waals surface area contributed by atoms with Crippen LogP contribution in [0.25, 0.3) is 0 Å². The van der Waals surface area contributed by atoms with Gasteiger partial charge in [-0.15, -0.1) is 0 Å². The van der Waals surface area contributed by atoms with Crippen molar-refractivity contribution in [1.82, 2.24) is 0 Å². The summed E-state index contributed by atoms with van der Waals surface area (Å²) in [6.07, 6.45) is 1.02. The summed E-state index contributed by atoms with van der Waals surface area (Å²) in [4.78, 5) is 15.6. The normalized spacial score (nSPS) is 16.9. The van der Waals surface area contributed by atoms with Crippen LogP contribution in [0.2, 0.25) is 0 Å². The van der Waals surface area contributed by atoms with Crippen molar-refractivity contribution in [1.29, 1.82) is 0 Å². The van der Waals surface area contributed by atoms with Gasteiger partial charge in [0.05, 0.1) is 11.3 Å². The molecular weight excluding hydrogens is 460 g/mol. The van der Waals surface area contributed by atoms with E-state index in [4.69, 9.17) is 9.47 Å². The van der Waals surface area contributed by atoms with Gasteiger partial charge in [-0.2, -0.15) is 0 Å². The molecule has 2 heterocycles. The number of nitrogens with zero attached hydrogens (tertiary/aromatic N) is 1. The summed E-state index contributed by atoms with van der Waals surface area (Å²) in [5, 5.41) is 3.54. The SMILES string of the molecule is CCCN(CC)c1cccc2c1Oc1cc(C)c(Nc3ccccc3)cc1C21OC(=O)c2ccccc21. The maximum Gasteiger partial charge on any atom is 0.340 e. The second-order valence-electron chi connectivity index (χ2n) is 9.61. The van der Waals surface area contributed by atoms with Crippen LogP contribution in [0.15, 0.2) is 84.9 Å². The molecule has 1 unspecified atom stereocenters. The lowest BCUT2D eigenvalue weighted by Gasteiger charge is -2.39. The Morgan fingerprint density at radius 3 is 2.41 bits per heavy atom. The summed E-state index contributed by atoms with van der Waals surface area (Å²) in [7, 11) is 0. The molecule has 4 aromatic rings. The number of aryl methyl sites for hydroxylation is 1. The van der Waals surface area contributed by atoms with E-state index < -0.39 is 5.60 Å². The lowest BCUT2D eigenvalue weighted by molar-refractivity contribution is 0.0224. The van der Waals surface area contributed by atoms with Crippen LogP contribution in [0.1, 0.15) is 52.9 Å². The monoisotopic (exact) mass is 490 g/mol. The topological polar surface area (TPSA) is 50.8 Å². The van der Waals surface area contributed by atoms with Crippen LogP contribution >= 0.6 is 0 Å². The van der Waals surface area contributed by atoms with Gasteiger partial charge in [0, 0.05) is 41.2 Å². The molecule has 0 amide bonds. The van der Waals surface area contributed by atoms with Gasteiger partial charge in [-0.1, -0.05) is 55.5 Å². The van der Waals surface area contributed by atoms with Crippen molar-refractivity contribution in [3.05, 3.63) is 113 Å². The fourth-order valence-electron chi connectivity index (χ4n) is 5.60. The number of carbonyl (C=O) groups is 1. The Bertz CT molecular complexity index is 1500. The molecule has 2 aliphatic heterocycles. The smallest absolute Gasteiger partial charge is 0.340 e. The highest BCUT2D eigenvalue weighted by Crippen LogP contribution is 2.58. The first-order valence-corrected chi connectivity index (χ1v) is 12.9. The number of anilines is 3. The molecular formula is C32H30N2O3. The van der Waals surface area contributed by atoms with Crippen molar-refractivity contribution >= 4 is 23.0 Å². The quantitative estimate of drug-likeness (QED) is 0.283. The first kappa shape index (κ1) is 23.2. The van der Waals surface area contributed by atoms with E-state index in [0.29, 0.717) is 11.3 Å². The van der Waals surface area contributed by atoms with E-state index in [1.807, 2.05) is 72.8 Å². The zero-order valence-electron chi connectivity index (χ0n) is 21.4. The Kier molecular flexibility index (Phi) is 5.64. The van der Waals surface area contributed by atoms with Crippen LogP contribution in [-0.2, 0) is 10.3 Å². The van der Waals surface area contributed by atoms with Crippen LogP contribution < -0.4 is 15.0 Å². The van der Waals surface area contributed by atoms with Gasteiger partial charge < -0.3 is 19.7 Å². The second kappa shape index (κ2) is 9.00. The standard InChI is InChI=1S/C32H30N2O3/c1-4-18-34(5-2)28-17-11-16-25-30(28)36-29-19-21(3)27(33-22-12-7-6-8-13-22)20-26(29)32(25)24-15-10-9-14-23(24)31(35)37-32/h6-17,19-20,33H,4-5,18H2,1-3H3.